The first kappa shape index (κ1) is 21.0. The second kappa shape index (κ2) is 8.88. The van der Waals surface area contributed by atoms with Crippen molar-refractivity contribution in [2.45, 2.75) is 31.7 Å². The summed E-state index contributed by atoms with van der Waals surface area (Å²) in [5, 5.41) is 9.91. The molecule has 1 aliphatic rings. The average Bonchev–Trinajstić information content (AvgIpc) is 2.82. The van der Waals surface area contributed by atoms with Gasteiger partial charge >= 0.3 is 0 Å². The lowest BCUT2D eigenvalue weighted by molar-refractivity contribution is -0.119. The van der Waals surface area contributed by atoms with Gasteiger partial charge in [-0.3, -0.25) is 9.69 Å². The zero-order valence-corrected chi connectivity index (χ0v) is 18.0. The van der Waals surface area contributed by atoms with Crippen LogP contribution in [0.2, 0.25) is 0 Å². The van der Waals surface area contributed by atoms with Crippen LogP contribution in [-0.2, 0) is 10.3 Å². The summed E-state index contributed by atoms with van der Waals surface area (Å²) in [4.78, 5) is 14.4. The average molecular weight is 409 g/mol. The molecule has 0 atom stereocenters. The Labute approximate surface area is 185 Å². The number of benzene rings is 3. The molecule has 1 heterocycles. The molecule has 0 bridgehead atoms. The van der Waals surface area contributed by atoms with Crippen LogP contribution in [0.5, 0.6) is 0 Å². The number of carbonyl (C=O) groups is 1. The minimum Gasteiger partial charge on any atom is -0.300 e. The lowest BCUT2D eigenvalue weighted by atomic mass is 9.71. The summed E-state index contributed by atoms with van der Waals surface area (Å²) in [6.45, 7) is 3.09. The van der Waals surface area contributed by atoms with Crippen molar-refractivity contribution in [3.63, 3.8) is 0 Å². The predicted molar refractivity (Wildman–Crippen MR) is 123 cm³/mol. The van der Waals surface area contributed by atoms with Gasteiger partial charge in [-0.05, 0) is 36.5 Å². The van der Waals surface area contributed by atoms with Crippen molar-refractivity contribution in [2.75, 3.05) is 13.1 Å². The number of ketones is 1. The van der Waals surface area contributed by atoms with Gasteiger partial charge in [-0.1, -0.05) is 91.0 Å². The highest BCUT2D eigenvalue weighted by Crippen LogP contribution is 2.46. The molecule has 31 heavy (non-hydrogen) atoms. The van der Waals surface area contributed by atoms with Gasteiger partial charge in [-0.25, -0.2) is 0 Å². The zero-order chi connectivity index (χ0) is 21.7. The maximum atomic E-state index is 11.9. The highest BCUT2D eigenvalue weighted by atomic mass is 16.1. The fourth-order valence-electron chi connectivity index (χ4n) is 5.16. The van der Waals surface area contributed by atoms with Crippen LogP contribution >= 0.6 is 0 Å². The van der Waals surface area contributed by atoms with Gasteiger partial charge in [-0.15, -0.1) is 0 Å². The molecule has 0 saturated carbocycles. The lowest BCUT2D eigenvalue weighted by Crippen LogP contribution is -2.53. The second-order valence-electron chi connectivity index (χ2n) is 8.57. The van der Waals surface area contributed by atoms with Crippen LogP contribution in [0, 0.1) is 16.7 Å². The van der Waals surface area contributed by atoms with Crippen molar-refractivity contribution in [3.05, 3.63) is 108 Å². The Morgan fingerprint density at radius 1 is 0.839 bits per heavy atom. The molecule has 3 aromatic carbocycles. The molecule has 1 fully saturated rings. The van der Waals surface area contributed by atoms with Crippen LogP contribution in [0.3, 0.4) is 0 Å². The second-order valence-corrected chi connectivity index (χ2v) is 8.57. The summed E-state index contributed by atoms with van der Waals surface area (Å²) in [5.74, 6) is 0.0930. The molecule has 1 aliphatic heterocycles. The Morgan fingerprint density at radius 3 is 1.55 bits per heavy atom. The molecule has 156 valence electrons. The Kier molecular flexibility index (Phi) is 6.02. The third-order valence-electron chi connectivity index (χ3n) is 6.59. The van der Waals surface area contributed by atoms with E-state index in [1.54, 1.807) is 6.92 Å². The molecule has 3 heteroatoms. The summed E-state index contributed by atoms with van der Waals surface area (Å²) < 4.78 is 0. The molecule has 0 amide bonds. The standard InChI is InChI=1S/C28H28N2O/c1-23(31)21-27(22-29)17-19-30(20-18-27)28(24-11-5-2-6-12-24,25-13-7-3-8-14-25)26-15-9-4-10-16-26/h2-16H,17-21H2,1H3. The quantitative estimate of drug-likeness (QED) is 0.501. The van der Waals surface area contributed by atoms with Gasteiger partial charge in [-0.2, -0.15) is 5.26 Å². The Balaban J connectivity index is 1.86. The third-order valence-corrected chi connectivity index (χ3v) is 6.59. The number of nitriles is 1. The van der Waals surface area contributed by atoms with Crippen LogP contribution in [0.4, 0.5) is 0 Å². The molecule has 0 aliphatic carbocycles. The van der Waals surface area contributed by atoms with E-state index < -0.39 is 11.0 Å². The van der Waals surface area contributed by atoms with Gasteiger partial charge in [0.25, 0.3) is 0 Å². The van der Waals surface area contributed by atoms with Gasteiger partial charge < -0.3 is 0 Å². The first-order valence-corrected chi connectivity index (χ1v) is 10.9. The number of hydrogen-bond acceptors (Lipinski definition) is 3. The van der Waals surface area contributed by atoms with Gasteiger partial charge in [0.05, 0.1) is 17.0 Å². The van der Waals surface area contributed by atoms with E-state index in [0.717, 1.165) is 13.1 Å². The van der Waals surface area contributed by atoms with E-state index in [2.05, 4.69) is 83.8 Å². The number of Topliss-reactive ketones (excluding diaryl/α,β-unsaturated/α-hetero) is 1. The molecule has 3 aromatic rings. The summed E-state index contributed by atoms with van der Waals surface area (Å²) in [6.07, 6.45) is 1.72. The van der Waals surface area contributed by atoms with Gasteiger partial charge in [0.2, 0.25) is 0 Å². The highest BCUT2D eigenvalue weighted by Gasteiger charge is 2.46. The summed E-state index contributed by atoms with van der Waals surface area (Å²) >= 11 is 0. The zero-order valence-electron chi connectivity index (χ0n) is 18.0. The molecule has 1 saturated heterocycles. The monoisotopic (exact) mass is 408 g/mol. The summed E-state index contributed by atoms with van der Waals surface area (Å²) in [5.41, 5.74) is 2.62. The number of nitrogens with zero attached hydrogens (tertiary/aromatic N) is 2. The van der Waals surface area contributed by atoms with Gasteiger partial charge in [0, 0.05) is 19.5 Å². The molecule has 0 radical (unpaired) electrons. The van der Waals surface area contributed by atoms with E-state index >= 15 is 0 Å². The van der Waals surface area contributed by atoms with Crippen LogP contribution in [0.1, 0.15) is 42.9 Å². The van der Waals surface area contributed by atoms with Crippen molar-refractivity contribution < 1.29 is 4.79 Å². The van der Waals surface area contributed by atoms with Gasteiger partial charge in [0.15, 0.2) is 0 Å². The summed E-state index contributed by atoms with van der Waals surface area (Å²) in [7, 11) is 0. The molecule has 3 nitrogen and oxygen atoms in total. The first-order valence-electron chi connectivity index (χ1n) is 10.9. The SMILES string of the molecule is CC(=O)CC1(C#N)CCN(C(c2ccccc2)(c2ccccc2)c2ccccc2)CC1. The lowest BCUT2D eigenvalue weighted by Gasteiger charge is -2.49. The van der Waals surface area contributed by atoms with E-state index in [4.69, 9.17) is 0 Å². The smallest absolute Gasteiger partial charge is 0.131 e. The van der Waals surface area contributed by atoms with Crippen LogP contribution in [-0.4, -0.2) is 23.8 Å². The Bertz CT molecular complexity index is 950. The largest absolute Gasteiger partial charge is 0.300 e. The number of carbonyl (C=O) groups excluding carboxylic acids is 1. The normalized spacial score (nSPS) is 16.4. The van der Waals surface area contributed by atoms with Crippen molar-refractivity contribution in [3.8, 4) is 6.07 Å². The number of rotatable bonds is 6. The van der Waals surface area contributed by atoms with Crippen LogP contribution < -0.4 is 0 Å². The molecular weight excluding hydrogens is 380 g/mol. The molecule has 0 aromatic heterocycles. The summed E-state index contributed by atoms with van der Waals surface area (Å²) in [6, 6.07) is 34.4. The van der Waals surface area contributed by atoms with E-state index in [1.165, 1.54) is 16.7 Å². The van der Waals surface area contributed by atoms with E-state index in [9.17, 15) is 10.1 Å². The number of piperidine rings is 1. The number of hydrogen-bond donors (Lipinski definition) is 0. The minimum absolute atomic E-state index is 0.0930. The van der Waals surface area contributed by atoms with Gasteiger partial charge in [0.1, 0.15) is 5.78 Å². The van der Waals surface area contributed by atoms with E-state index in [1.807, 2.05) is 18.2 Å². The molecule has 0 N–H and O–H groups in total. The minimum atomic E-state index is -0.557. The Morgan fingerprint density at radius 2 is 1.23 bits per heavy atom. The van der Waals surface area contributed by atoms with Crippen molar-refractivity contribution in [1.29, 1.82) is 5.26 Å². The van der Waals surface area contributed by atoms with Crippen molar-refractivity contribution in [2.24, 2.45) is 5.41 Å². The fourth-order valence-corrected chi connectivity index (χ4v) is 5.16. The maximum absolute atomic E-state index is 11.9. The number of likely N-dealkylation sites (tertiary alicyclic amines) is 1. The van der Waals surface area contributed by atoms with E-state index in [0.29, 0.717) is 19.3 Å². The molecule has 0 spiro atoms. The van der Waals surface area contributed by atoms with E-state index in [-0.39, 0.29) is 5.78 Å². The van der Waals surface area contributed by atoms with Crippen LogP contribution in [0.25, 0.3) is 0 Å². The molecular formula is C28H28N2O. The highest BCUT2D eigenvalue weighted by molar-refractivity contribution is 5.76. The fraction of sp³-hybridized carbons (Fsp3) is 0.286. The predicted octanol–water partition coefficient (Wildman–Crippen LogP) is 5.56. The molecule has 4 rings (SSSR count). The third kappa shape index (κ3) is 3.92. The Hall–Kier alpha value is -3.22. The maximum Gasteiger partial charge on any atom is 0.131 e. The topological polar surface area (TPSA) is 44.1 Å². The van der Waals surface area contributed by atoms with Crippen molar-refractivity contribution in [1.82, 2.24) is 4.90 Å². The molecule has 0 unspecified atom stereocenters. The van der Waals surface area contributed by atoms with Crippen LogP contribution in [0.15, 0.2) is 91.0 Å². The first-order chi connectivity index (χ1) is 15.1. The van der Waals surface area contributed by atoms with Crippen molar-refractivity contribution >= 4 is 5.78 Å².